The first-order chi connectivity index (χ1) is 34.2. The number of oxime groups is 1. The molecule has 2 saturated heterocycles. The number of hydrogen-bond acceptors (Lipinski definition) is 14. The van der Waals surface area contributed by atoms with Crippen LogP contribution in [0.2, 0.25) is 0 Å². The number of thiazole rings is 2. The van der Waals surface area contributed by atoms with Crippen molar-refractivity contribution in [2.45, 2.75) is 32.1 Å². The number of carboxylic acids is 1. The predicted molar refractivity (Wildman–Crippen MR) is 274 cm³/mol. The molecule has 2 aliphatic heterocycles. The van der Waals surface area contributed by atoms with Crippen molar-refractivity contribution in [3.63, 3.8) is 0 Å². The van der Waals surface area contributed by atoms with E-state index in [0.29, 0.717) is 9.47 Å². The lowest BCUT2D eigenvalue weighted by molar-refractivity contribution is -0.153. The van der Waals surface area contributed by atoms with Gasteiger partial charge >= 0.3 is 11.9 Å². The lowest BCUT2D eigenvalue weighted by Gasteiger charge is -2.53. The molecule has 2 fully saturated rings. The third-order valence-electron chi connectivity index (χ3n) is 12.0. The SMILES string of the molecule is O=C(CON=C(C(=O)NC1C(=O)N2CC(Sc3nc4ccccc4s3)(C(=O)O)CS[C@H]12)c1csc(NC(c2ccccc2)(c2ccccc2)c2ccccc2)n1)OC(c1ccccc1)c1ccccc1. The molecule has 0 aliphatic carbocycles. The van der Waals surface area contributed by atoms with Gasteiger partial charge in [-0.3, -0.25) is 14.4 Å². The predicted octanol–water partition coefficient (Wildman–Crippen LogP) is 9.23. The maximum absolute atomic E-state index is 14.5. The maximum atomic E-state index is 14.5. The Morgan fingerprint density at radius 2 is 1.34 bits per heavy atom. The highest BCUT2D eigenvalue weighted by Crippen LogP contribution is 2.48. The summed E-state index contributed by atoms with van der Waals surface area (Å²) >= 11 is 5.05. The lowest BCUT2D eigenvalue weighted by Crippen LogP contribution is -2.74. The van der Waals surface area contributed by atoms with Gasteiger partial charge in [0.25, 0.3) is 5.91 Å². The zero-order chi connectivity index (χ0) is 48.1. The van der Waals surface area contributed by atoms with Crippen LogP contribution in [0.15, 0.2) is 191 Å². The number of ether oxygens (including phenoxy) is 1. The second kappa shape index (κ2) is 20.3. The molecule has 350 valence electrons. The molecular formula is C53H42N6O7S4. The molecule has 3 N–H and O–H groups in total. The molecule has 2 aromatic heterocycles. The summed E-state index contributed by atoms with van der Waals surface area (Å²) in [4.78, 5) is 71.6. The first kappa shape index (κ1) is 46.4. The molecule has 0 saturated carbocycles. The van der Waals surface area contributed by atoms with Gasteiger partial charge in [-0.15, -0.1) is 34.4 Å². The summed E-state index contributed by atoms with van der Waals surface area (Å²) in [7, 11) is 0. The molecule has 0 bridgehead atoms. The smallest absolute Gasteiger partial charge is 0.347 e. The fourth-order valence-electron chi connectivity index (χ4n) is 8.54. The van der Waals surface area contributed by atoms with Gasteiger partial charge in [0.05, 0.1) is 10.2 Å². The summed E-state index contributed by atoms with van der Waals surface area (Å²) in [6.07, 6.45) is -0.739. The summed E-state index contributed by atoms with van der Waals surface area (Å²) in [5.41, 5.74) is 3.97. The summed E-state index contributed by atoms with van der Waals surface area (Å²) in [6.45, 7) is -0.739. The highest BCUT2D eigenvalue weighted by molar-refractivity contribution is 8.06. The number of nitrogens with one attached hydrogen (secondary N) is 2. The highest BCUT2D eigenvalue weighted by Gasteiger charge is 2.58. The van der Waals surface area contributed by atoms with Crippen molar-refractivity contribution in [3.8, 4) is 0 Å². The summed E-state index contributed by atoms with van der Waals surface area (Å²) < 4.78 is 6.10. The maximum Gasteiger partial charge on any atom is 0.347 e. The number of esters is 1. The average molecular weight is 1000 g/mol. The molecule has 4 heterocycles. The second-order valence-corrected chi connectivity index (χ2v) is 21.0. The number of carbonyl (C=O) groups excluding carboxylic acids is 3. The van der Waals surface area contributed by atoms with Crippen LogP contribution in [0.5, 0.6) is 0 Å². The monoisotopic (exact) mass is 1000 g/mol. The Bertz CT molecular complexity index is 3010. The number of hydrogen-bond donors (Lipinski definition) is 3. The van der Waals surface area contributed by atoms with E-state index < -0.39 is 58.2 Å². The summed E-state index contributed by atoms with van der Waals surface area (Å²) in [5.74, 6) is -2.88. The van der Waals surface area contributed by atoms with Crippen molar-refractivity contribution >= 4 is 91.0 Å². The van der Waals surface area contributed by atoms with E-state index in [1.54, 1.807) is 5.38 Å². The Balaban J connectivity index is 0.927. The minimum Gasteiger partial charge on any atom is -0.480 e. The van der Waals surface area contributed by atoms with Gasteiger partial charge in [0.1, 0.15) is 27.4 Å². The van der Waals surface area contributed by atoms with E-state index >= 15 is 0 Å². The number of nitrogens with zero attached hydrogens (tertiary/aromatic N) is 4. The van der Waals surface area contributed by atoms with Gasteiger partial charge in [-0.1, -0.05) is 181 Å². The zero-order valence-corrected chi connectivity index (χ0v) is 40.3. The fourth-order valence-corrected chi connectivity index (χ4v) is 13.5. The Kier molecular flexibility index (Phi) is 13.5. The van der Waals surface area contributed by atoms with E-state index in [4.69, 9.17) is 14.6 Å². The number of carbonyl (C=O) groups is 4. The molecule has 3 atom stereocenters. The van der Waals surface area contributed by atoms with Gasteiger partial charge in [-0.05, 0) is 39.9 Å². The minimum atomic E-state index is -1.37. The molecule has 2 aliphatic rings. The molecule has 70 heavy (non-hydrogen) atoms. The number of carboxylic acid groups (broad SMARTS) is 1. The minimum absolute atomic E-state index is 0.0853. The van der Waals surface area contributed by atoms with Gasteiger partial charge in [0, 0.05) is 17.7 Å². The van der Waals surface area contributed by atoms with Crippen molar-refractivity contribution in [3.05, 3.63) is 215 Å². The van der Waals surface area contributed by atoms with E-state index in [1.807, 2.05) is 176 Å². The topological polar surface area (TPSA) is 172 Å². The standard InChI is InChI=1S/C53H42N6O7S4/c60-42(66-45(34-18-6-1-7-19-34)35-20-8-2-9-21-35)30-65-58-43(40-31-67-50(54-40)57-53(36-22-10-3-11-23-36,37-24-12-4-13-25-37)38-26-14-5-15-27-38)46(61)56-44-47(62)59-32-52(49(63)64,33-68-48(44)59)70-51-55-39-28-16-17-29-41(39)69-51/h1-29,31,44-45,48H,30,32-33H2,(H,54,57)(H,56,61)(H,63,64)/t44?,48-,52?/m1/s1. The van der Waals surface area contributed by atoms with Gasteiger partial charge in [-0.2, -0.15) is 0 Å². The van der Waals surface area contributed by atoms with Crippen LogP contribution in [0.3, 0.4) is 0 Å². The number of thioether (sulfide) groups is 2. The molecule has 2 amide bonds. The van der Waals surface area contributed by atoms with Gasteiger partial charge < -0.3 is 30.2 Å². The molecule has 0 radical (unpaired) electrons. The van der Waals surface area contributed by atoms with Crippen LogP contribution in [-0.2, 0) is 34.3 Å². The molecule has 2 unspecified atom stereocenters. The van der Waals surface area contributed by atoms with E-state index in [9.17, 15) is 24.3 Å². The third-order valence-corrected chi connectivity index (χ3v) is 16.9. The quantitative estimate of drug-likeness (QED) is 0.0260. The molecule has 17 heteroatoms. The van der Waals surface area contributed by atoms with Gasteiger partial charge in [-0.25, -0.2) is 14.8 Å². The molecule has 13 nitrogen and oxygen atoms in total. The van der Waals surface area contributed by atoms with Crippen molar-refractivity contribution in [2.24, 2.45) is 5.16 Å². The van der Waals surface area contributed by atoms with Crippen LogP contribution < -0.4 is 10.6 Å². The first-order valence-electron chi connectivity index (χ1n) is 22.1. The third kappa shape index (κ3) is 9.40. The van der Waals surface area contributed by atoms with Crippen molar-refractivity contribution in [1.82, 2.24) is 20.2 Å². The Hall–Kier alpha value is -7.31. The number of β-lactam (4-membered cyclic amide) rings is 1. The van der Waals surface area contributed by atoms with Gasteiger partial charge in [0.2, 0.25) is 12.5 Å². The summed E-state index contributed by atoms with van der Waals surface area (Å²) in [6, 6.07) is 55.1. The van der Waals surface area contributed by atoms with Crippen LogP contribution in [0, 0.1) is 0 Å². The Morgan fingerprint density at radius 3 is 1.91 bits per heavy atom. The number of amides is 2. The van der Waals surface area contributed by atoms with Crippen LogP contribution in [0.4, 0.5) is 5.13 Å². The second-order valence-electron chi connectivity index (χ2n) is 16.4. The van der Waals surface area contributed by atoms with Crippen LogP contribution in [0.25, 0.3) is 10.2 Å². The normalized spacial score (nSPS) is 17.9. The molecule has 6 aromatic carbocycles. The van der Waals surface area contributed by atoms with Gasteiger partial charge in [0.15, 0.2) is 21.3 Å². The average Bonchev–Trinajstić information content (AvgIpc) is 4.05. The number of rotatable bonds is 17. The van der Waals surface area contributed by atoms with E-state index in [0.717, 1.165) is 49.8 Å². The first-order valence-corrected chi connectivity index (χ1v) is 25.7. The number of benzene rings is 6. The number of anilines is 1. The molecule has 8 aromatic rings. The van der Waals surface area contributed by atoms with E-state index in [1.165, 1.54) is 39.3 Å². The molecular weight excluding hydrogens is 961 g/mol. The van der Waals surface area contributed by atoms with E-state index in [-0.39, 0.29) is 23.7 Å². The van der Waals surface area contributed by atoms with Crippen molar-refractivity contribution < 1.29 is 33.9 Å². The number of aromatic nitrogens is 2. The van der Waals surface area contributed by atoms with Crippen LogP contribution in [0.1, 0.15) is 39.6 Å². The fraction of sp³-hybridized carbons (Fsp3) is 0.151. The molecule has 10 rings (SSSR count). The van der Waals surface area contributed by atoms with Crippen LogP contribution >= 0.6 is 46.2 Å². The number of fused-ring (bicyclic) bond motifs is 2. The Labute approximate surface area is 419 Å². The van der Waals surface area contributed by atoms with Crippen molar-refractivity contribution in [2.75, 3.05) is 24.2 Å². The summed E-state index contributed by atoms with van der Waals surface area (Å²) in [5, 5.41) is 22.9. The number of para-hydroxylation sites is 1. The van der Waals surface area contributed by atoms with Crippen molar-refractivity contribution in [1.29, 1.82) is 0 Å². The zero-order valence-electron chi connectivity index (χ0n) is 37.0. The number of aliphatic carboxylic acids is 1. The highest BCUT2D eigenvalue weighted by atomic mass is 32.2. The van der Waals surface area contributed by atoms with Crippen LogP contribution in [-0.4, -0.2) is 84.5 Å². The lowest BCUT2D eigenvalue weighted by atomic mass is 9.77. The molecule has 0 spiro atoms. The van der Waals surface area contributed by atoms with E-state index in [2.05, 4.69) is 20.8 Å². The largest absolute Gasteiger partial charge is 0.480 e. The Morgan fingerprint density at radius 1 is 0.786 bits per heavy atom.